The highest BCUT2D eigenvalue weighted by atomic mass is 79.9. The van der Waals surface area contributed by atoms with Crippen LogP contribution >= 0.6 is 15.9 Å². The largest absolute Gasteiger partial charge is 0.492 e. The van der Waals surface area contributed by atoms with Gasteiger partial charge in [0.25, 0.3) is 0 Å². The van der Waals surface area contributed by atoms with Crippen molar-refractivity contribution in [2.24, 2.45) is 0 Å². The van der Waals surface area contributed by atoms with Crippen molar-refractivity contribution >= 4 is 26.0 Å². The zero-order valence-corrected chi connectivity index (χ0v) is 14.9. The Morgan fingerprint density at radius 2 is 1.73 bits per heavy atom. The first kappa shape index (κ1) is 17.0. The molecule has 0 saturated heterocycles. The van der Waals surface area contributed by atoms with Crippen molar-refractivity contribution in [2.45, 2.75) is 18.7 Å². The van der Waals surface area contributed by atoms with Gasteiger partial charge in [-0.1, -0.05) is 22.0 Å². The van der Waals surface area contributed by atoms with Gasteiger partial charge in [-0.25, -0.2) is 13.1 Å². The Labute approximate surface area is 139 Å². The molecule has 6 heteroatoms. The summed E-state index contributed by atoms with van der Waals surface area (Å²) in [5, 5.41) is 0. The summed E-state index contributed by atoms with van der Waals surface area (Å²) in [4.78, 5) is 0.238. The Morgan fingerprint density at radius 3 is 2.36 bits per heavy atom. The van der Waals surface area contributed by atoms with E-state index >= 15 is 0 Å². The highest BCUT2D eigenvalue weighted by Gasteiger charge is 2.12. The predicted molar refractivity (Wildman–Crippen MR) is 90.7 cm³/mol. The summed E-state index contributed by atoms with van der Waals surface area (Å²) in [5.74, 6) is 0.742. The van der Waals surface area contributed by atoms with Crippen LogP contribution in [0.4, 0.5) is 0 Å². The lowest BCUT2D eigenvalue weighted by Gasteiger charge is -2.10. The second-order valence-corrected chi connectivity index (χ2v) is 7.63. The maximum absolute atomic E-state index is 12.1. The van der Waals surface area contributed by atoms with E-state index in [1.54, 1.807) is 24.3 Å². The average molecular weight is 384 g/mol. The van der Waals surface area contributed by atoms with E-state index in [0.717, 1.165) is 15.8 Å². The Bertz CT molecular complexity index is 742. The highest BCUT2D eigenvalue weighted by Crippen LogP contribution is 2.16. The number of hydrogen-bond donors (Lipinski definition) is 1. The van der Waals surface area contributed by atoms with Crippen LogP contribution in [0.3, 0.4) is 0 Å². The number of ether oxygens (including phenoxy) is 1. The normalized spacial score (nSPS) is 11.4. The van der Waals surface area contributed by atoms with Crippen molar-refractivity contribution in [3.05, 3.63) is 58.1 Å². The predicted octanol–water partition coefficient (Wildman–Crippen LogP) is 3.42. The molecule has 1 N–H and O–H groups in total. The lowest BCUT2D eigenvalue weighted by atomic mass is 10.1. The minimum Gasteiger partial charge on any atom is -0.492 e. The molecule has 4 nitrogen and oxygen atoms in total. The molecule has 0 unspecified atom stereocenters. The minimum atomic E-state index is -3.50. The molecule has 0 heterocycles. The van der Waals surface area contributed by atoms with Gasteiger partial charge >= 0.3 is 0 Å². The van der Waals surface area contributed by atoms with Gasteiger partial charge in [-0.15, -0.1) is 0 Å². The summed E-state index contributed by atoms with van der Waals surface area (Å²) in [6.07, 6.45) is 0. The van der Waals surface area contributed by atoms with Crippen LogP contribution in [-0.2, 0) is 10.0 Å². The summed E-state index contributed by atoms with van der Waals surface area (Å²) in [5.41, 5.74) is 2.34. The van der Waals surface area contributed by atoms with Crippen molar-refractivity contribution in [2.75, 3.05) is 13.2 Å². The third-order valence-electron chi connectivity index (χ3n) is 3.27. The molecule has 118 valence electrons. The average Bonchev–Trinajstić information content (AvgIpc) is 2.48. The Hall–Kier alpha value is -1.37. The molecule has 0 aliphatic rings. The van der Waals surface area contributed by atoms with E-state index in [1.807, 2.05) is 32.0 Å². The van der Waals surface area contributed by atoms with Crippen LogP contribution in [0.15, 0.2) is 51.8 Å². The molecule has 0 bridgehead atoms. The molecule has 22 heavy (non-hydrogen) atoms. The molecule has 0 aromatic heterocycles. The fourth-order valence-electron chi connectivity index (χ4n) is 1.85. The van der Waals surface area contributed by atoms with Crippen LogP contribution < -0.4 is 9.46 Å². The minimum absolute atomic E-state index is 0.214. The lowest BCUT2D eigenvalue weighted by molar-refractivity contribution is 0.322. The SMILES string of the molecule is Cc1ccc(OCCNS(=O)(=O)c2ccc(Br)cc2)cc1C. The molecule has 0 atom stereocenters. The van der Waals surface area contributed by atoms with Gasteiger partial charge in [0, 0.05) is 11.0 Å². The summed E-state index contributed by atoms with van der Waals surface area (Å²) in [6.45, 7) is 4.54. The van der Waals surface area contributed by atoms with Crippen LogP contribution in [0.1, 0.15) is 11.1 Å². The summed E-state index contributed by atoms with van der Waals surface area (Å²) in [7, 11) is -3.50. The maximum Gasteiger partial charge on any atom is 0.240 e. The van der Waals surface area contributed by atoms with Gasteiger partial charge in [-0.3, -0.25) is 0 Å². The van der Waals surface area contributed by atoms with Crippen molar-refractivity contribution in [1.82, 2.24) is 4.72 Å². The van der Waals surface area contributed by atoms with E-state index in [2.05, 4.69) is 20.7 Å². The number of hydrogen-bond acceptors (Lipinski definition) is 3. The number of nitrogens with one attached hydrogen (secondary N) is 1. The number of rotatable bonds is 6. The van der Waals surface area contributed by atoms with E-state index in [9.17, 15) is 8.42 Å². The maximum atomic E-state index is 12.1. The van der Waals surface area contributed by atoms with Crippen LogP contribution in [0.5, 0.6) is 5.75 Å². The van der Waals surface area contributed by atoms with Crippen LogP contribution in [0.25, 0.3) is 0 Å². The van der Waals surface area contributed by atoms with Crippen molar-refractivity contribution in [1.29, 1.82) is 0 Å². The molecule has 0 fully saturated rings. The van der Waals surface area contributed by atoms with Crippen molar-refractivity contribution < 1.29 is 13.2 Å². The first-order chi connectivity index (χ1) is 10.4. The molecule has 0 aliphatic carbocycles. The monoisotopic (exact) mass is 383 g/mol. The highest BCUT2D eigenvalue weighted by molar-refractivity contribution is 9.10. The Kier molecular flexibility index (Phi) is 5.61. The van der Waals surface area contributed by atoms with Crippen molar-refractivity contribution in [3.8, 4) is 5.75 Å². The first-order valence-electron chi connectivity index (χ1n) is 6.84. The molecule has 0 amide bonds. The zero-order chi connectivity index (χ0) is 16.2. The van der Waals surface area contributed by atoms with Crippen LogP contribution in [0.2, 0.25) is 0 Å². The molecule has 0 saturated carbocycles. The van der Waals surface area contributed by atoms with Gasteiger partial charge in [0.1, 0.15) is 12.4 Å². The molecule has 0 spiro atoms. The van der Waals surface area contributed by atoms with E-state index in [-0.39, 0.29) is 18.0 Å². The van der Waals surface area contributed by atoms with Gasteiger partial charge < -0.3 is 4.74 Å². The summed E-state index contributed by atoms with van der Waals surface area (Å²) < 4.78 is 33.1. The molecule has 0 radical (unpaired) electrons. The third kappa shape index (κ3) is 4.56. The fraction of sp³-hybridized carbons (Fsp3) is 0.250. The van der Waals surface area contributed by atoms with E-state index in [1.165, 1.54) is 5.56 Å². The van der Waals surface area contributed by atoms with E-state index < -0.39 is 10.0 Å². The van der Waals surface area contributed by atoms with Gasteiger partial charge in [-0.2, -0.15) is 0 Å². The standard InChI is InChI=1S/C16H18BrNO3S/c1-12-3-6-15(11-13(12)2)21-10-9-18-22(19,20)16-7-4-14(17)5-8-16/h3-8,11,18H,9-10H2,1-2H3. The summed E-state index contributed by atoms with van der Waals surface area (Å²) in [6, 6.07) is 12.3. The molecule has 2 aromatic rings. The first-order valence-corrected chi connectivity index (χ1v) is 9.11. The summed E-state index contributed by atoms with van der Waals surface area (Å²) >= 11 is 3.28. The van der Waals surface area contributed by atoms with Gasteiger partial charge in [0.15, 0.2) is 0 Å². The van der Waals surface area contributed by atoms with Gasteiger partial charge in [0.2, 0.25) is 10.0 Å². The Balaban J connectivity index is 1.87. The van der Waals surface area contributed by atoms with E-state index in [4.69, 9.17) is 4.74 Å². The molecule has 0 aliphatic heterocycles. The number of aryl methyl sites for hydroxylation is 2. The topological polar surface area (TPSA) is 55.4 Å². The second kappa shape index (κ2) is 7.26. The second-order valence-electron chi connectivity index (χ2n) is 4.95. The smallest absolute Gasteiger partial charge is 0.240 e. The molecule has 2 rings (SSSR count). The molecular weight excluding hydrogens is 366 g/mol. The third-order valence-corrected chi connectivity index (χ3v) is 5.27. The number of benzene rings is 2. The van der Waals surface area contributed by atoms with Gasteiger partial charge in [-0.05, 0) is 61.4 Å². The van der Waals surface area contributed by atoms with Crippen LogP contribution in [-0.4, -0.2) is 21.6 Å². The number of halogens is 1. The van der Waals surface area contributed by atoms with Gasteiger partial charge in [0.05, 0.1) is 4.90 Å². The Morgan fingerprint density at radius 1 is 1.05 bits per heavy atom. The van der Waals surface area contributed by atoms with Crippen LogP contribution in [0, 0.1) is 13.8 Å². The quantitative estimate of drug-likeness (QED) is 0.777. The molecule has 2 aromatic carbocycles. The van der Waals surface area contributed by atoms with E-state index in [0.29, 0.717) is 0 Å². The lowest BCUT2D eigenvalue weighted by Crippen LogP contribution is -2.28. The fourth-order valence-corrected chi connectivity index (χ4v) is 3.12. The number of sulfonamides is 1. The zero-order valence-electron chi connectivity index (χ0n) is 12.5. The molecular formula is C16H18BrNO3S. The van der Waals surface area contributed by atoms with Crippen molar-refractivity contribution in [3.63, 3.8) is 0 Å².